The number of rotatable bonds is 4. The van der Waals surface area contributed by atoms with E-state index in [4.69, 9.17) is 39.5 Å². The number of nitrogens with one attached hydrogen (secondary N) is 1. The summed E-state index contributed by atoms with van der Waals surface area (Å²) in [5.41, 5.74) is 0.724. The van der Waals surface area contributed by atoms with Crippen LogP contribution in [0, 0.1) is 0 Å². The monoisotopic (exact) mass is 371 g/mol. The molecule has 0 saturated carbocycles. The van der Waals surface area contributed by atoms with Crippen LogP contribution >= 0.6 is 34.8 Å². The predicted molar refractivity (Wildman–Crippen MR) is 91.4 cm³/mol. The Kier molecular flexibility index (Phi) is 5.88. The topological polar surface area (TPSA) is 55.4 Å². The Bertz CT molecular complexity index is 712. The minimum Gasteiger partial charge on any atom is -0.449 e. The smallest absolute Gasteiger partial charge is 0.338 e. The first-order valence-electron chi connectivity index (χ1n) is 6.58. The number of esters is 1. The van der Waals surface area contributed by atoms with Gasteiger partial charge in [-0.15, -0.1) is 0 Å². The number of hydrogen-bond acceptors (Lipinski definition) is 3. The van der Waals surface area contributed by atoms with Crippen molar-refractivity contribution in [1.29, 1.82) is 0 Å². The minimum absolute atomic E-state index is 0.305. The van der Waals surface area contributed by atoms with Gasteiger partial charge in [-0.25, -0.2) is 4.79 Å². The molecule has 0 spiro atoms. The fraction of sp³-hybridized carbons (Fsp3) is 0.125. The van der Waals surface area contributed by atoms with Crippen LogP contribution in [0.3, 0.4) is 0 Å². The molecule has 0 fully saturated rings. The number of benzene rings is 2. The summed E-state index contributed by atoms with van der Waals surface area (Å²) in [5, 5.41) is 3.86. The van der Waals surface area contributed by atoms with Crippen molar-refractivity contribution in [2.24, 2.45) is 0 Å². The predicted octanol–water partition coefficient (Wildman–Crippen LogP) is 4.83. The van der Waals surface area contributed by atoms with Crippen LogP contribution in [-0.2, 0) is 9.53 Å². The van der Waals surface area contributed by atoms with Gasteiger partial charge in [0.1, 0.15) is 0 Å². The fourth-order valence-electron chi connectivity index (χ4n) is 1.74. The van der Waals surface area contributed by atoms with Crippen LogP contribution in [0.2, 0.25) is 15.1 Å². The zero-order valence-corrected chi connectivity index (χ0v) is 14.2. The summed E-state index contributed by atoms with van der Waals surface area (Å²) in [6, 6.07) is 10.8. The van der Waals surface area contributed by atoms with Gasteiger partial charge >= 0.3 is 5.97 Å². The molecule has 120 valence electrons. The normalized spacial score (nSPS) is 11.7. The van der Waals surface area contributed by atoms with Gasteiger partial charge in [0, 0.05) is 20.8 Å². The highest BCUT2D eigenvalue weighted by Gasteiger charge is 2.19. The van der Waals surface area contributed by atoms with Crippen molar-refractivity contribution >= 4 is 52.4 Å². The summed E-state index contributed by atoms with van der Waals surface area (Å²) in [6.07, 6.45) is -0.990. The van der Waals surface area contributed by atoms with Gasteiger partial charge in [0.15, 0.2) is 6.10 Å². The molecule has 0 aromatic heterocycles. The first kappa shape index (κ1) is 17.6. The van der Waals surface area contributed by atoms with Crippen molar-refractivity contribution in [2.75, 3.05) is 5.32 Å². The van der Waals surface area contributed by atoms with Gasteiger partial charge in [-0.1, -0.05) is 34.8 Å². The lowest BCUT2D eigenvalue weighted by Gasteiger charge is -2.14. The molecule has 0 aliphatic rings. The van der Waals surface area contributed by atoms with Gasteiger partial charge in [-0.3, -0.25) is 4.79 Å². The highest BCUT2D eigenvalue weighted by atomic mass is 35.5. The van der Waals surface area contributed by atoms with Crippen LogP contribution in [0.1, 0.15) is 17.3 Å². The highest BCUT2D eigenvalue weighted by molar-refractivity contribution is 6.35. The number of anilines is 1. The minimum atomic E-state index is -0.990. The van der Waals surface area contributed by atoms with E-state index < -0.39 is 18.0 Å². The number of ether oxygens (including phenoxy) is 1. The quantitative estimate of drug-likeness (QED) is 0.782. The van der Waals surface area contributed by atoms with Crippen LogP contribution in [0.4, 0.5) is 5.69 Å². The van der Waals surface area contributed by atoms with Crippen LogP contribution in [-0.4, -0.2) is 18.0 Å². The number of halogens is 3. The molecule has 0 aliphatic carbocycles. The molecule has 1 amide bonds. The van der Waals surface area contributed by atoms with Gasteiger partial charge in [-0.2, -0.15) is 0 Å². The Hall–Kier alpha value is -1.75. The lowest BCUT2D eigenvalue weighted by Crippen LogP contribution is -2.30. The largest absolute Gasteiger partial charge is 0.449 e. The molecule has 7 heteroatoms. The third-order valence-electron chi connectivity index (χ3n) is 2.86. The van der Waals surface area contributed by atoms with Gasteiger partial charge in [-0.05, 0) is 49.4 Å². The summed E-state index contributed by atoms with van der Waals surface area (Å²) in [6.45, 7) is 1.47. The van der Waals surface area contributed by atoms with E-state index in [1.807, 2.05) is 0 Å². The molecule has 4 nitrogen and oxygen atoms in total. The molecule has 23 heavy (non-hydrogen) atoms. The fourth-order valence-corrected chi connectivity index (χ4v) is 2.39. The number of carbonyl (C=O) groups excluding carboxylic acids is 2. The van der Waals surface area contributed by atoms with E-state index in [9.17, 15) is 9.59 Å². The van der Waals surface area contributed by atoms with Crippen molar-refractivity contribution in [3.05, 3.63) is 63.1 Å². The Balaban J connectivity index is 1.99. The van der Waals surface area contributed by atoms with E-state index in [1.165, 1.54) is 19.1 Å². The second-order valence-corrected chi connectivity index (χ2v) is 6.01. The van der Waals surface area contributed by atoms with E-state index in [0.717, 1.165) is 0 Å². The van der Waals surface area contributed by atoms with E-state index in [0.29, 0.717) is 26.3 Å². The molecular formula is C16H12Cl3NO3. The second-order valence-electron chi connectivity index (χ2n) is 4.70. The maximum absolute atomic E-state index is 12.1. The number of amides is 1. The molecule has 2 rings (SSSR count). The second kappa shape index (κ2) is 7.68. The van der Waals surface area contributed by atoms with E-state index in [2.05, 4.69) is 5.32 Å². The molecule has 2 aromatic rings. The molecule has 0 unspecified atom stereocenters. The highest BCUT2D eigenvalue weighted by Crippen LogP contribution is 2.22. The summed E-state index contributed by atoms with van der Waals surface area (Å²) < 4.78 is 5.11. The molecule has 0 aliphatic heterocycles. The Morgan fingerprint density at radius 2 is 1.52 bits per heavy atom. The van der Waals surface area contributed by atoms with Gasteiger partial charge in [0.05, 0.1) is 5.56 Å². The van der Waals surface area contributed by atoms with Gasteiger partial charge in [0.25, 0.3) is 5.91 Å². The molecule has 0 heterocycles. The van der Waals surface area contributed by atoms with Gasteiger partial charge < -0.3 is 10.1 Å². The standard InChI is InChI=1S/C16H12Cl3NO3/c1-9(23-16(22)10-2-4-11(17)5-3-10)15(21)20-14-7-12(18)6-13(19)8-14/h2-9H,1H3,(H,20,21)/t9-/m0/s1. The Labute approximate surface area is 148 Å². The van der Waals surface area contributed by atoms with Crippen LogP contribution < -0.4 is 5.32 Å². The molecule has 2 aromatic carbocycles. The SMILES string of the molecule is C[C@H](OC(=O)c1ccc(Cl)cc1)C(=O)Nc1cc(Cl)cc(Cl)c1. The van der Waals surface area contributed by atoms with Crippen molar-refractivity contribution in [3.8, 4) is 0 Å². The van der Waals surface area contributed by atoms with Crippen LogP contribution in [0.5, 0.6) is 0 Å². The molecule has 0 radical (unpaired) electrons. The van der Waals surface area contributed by atoms with Crippen LogP contribution in [0.25, 0.3) is 0 Å². The van der Waals surface area contributed by atoms with Crippen molar-refractivity contribution < 1.29 is 14.3 Å². The van der Waals surface area contributed by atoms with E-state index >= 15 is 0 Å². The lowest BCUT2D eigenvalue weighted by molar-refractivity contribution is -0.123. The van der Waals surface area contributed by atoms with E-state index in [1.54, 1.807) is 30.3 Å². The van der Waals surface area contributed by atoms with Crippen molar-refractivity contribution in [2.45, 2.75) is 13.0 Å². The third kappa shape index (κ3) is 5.13. The zero-order valence-electron chi connectivity index (χ0n) is 12.0. The average molecular weight is 373 g/mol. The molecule has 1 N–H and O–H groups in total. The maximum atomic E-state index is 12.1. The Morgan fingerprint density at radius 3 is 2.09 bits per heavy atom. The maximum Gasteiger partial charge on any atom is 0.338 e. The molecule has 0 bridgehead atoms. The number of carbonyl (C=O) groups is 2. The van der Waals surface area contributed by atoms with E-state index in [-0.39, 0.29) is 0 Å². The molecule has 1 atom stereocenters. The third-order valence-corrected chi connectivity index (χ3v) is 3.55. The first-order chi connectivity index (χ1) is 10.8. The van der Waals surface area contributed by atoms with Crippen molar-refractivity contribution in [1.82, 2.24) is 0 Å². The van der Waals surface area contributed by atoms with Crippen LogP contribution in [0.15, 0.2) is 42.5 Å². The summed E-state index contributed by atoms with van der Waals surface area (Å²) in [5.74, 6) is -1.11. The molecule has 0 saturated heterocycles. The number of hydrogen-bond donors (Lipinski definition) is 1. The first-order valence-corrected chi connectivity index (χ1v) is 7.72. The summed E-state index contributed by atoms with van der Waals surface area (Å²) in [7, 11) is 0. The van der Waals surface area contributed by atoms with Gasteiger partial charge in [0.2, 0.25) is 0 Å². The summed E-state index contributed by atoms with van der Waals surface area (Å²) >= 11 is 17.5. The summed E-state index contributed by atoms with van der Waals surface area (Å²) in [4.78, 5) is 24.0. The Morgan fingerprint density at radius 1 is 0.957 bits per heavy atom. The zero-order chi connectivity index (χ0) is 17.0. The lowest BCUT2D eigenvalue weighted by atomic mass is 10.2. The molecular weight excluding hydrogens is 361 g/mol. The van der Waals surface area contributed by atoms with Crippen molar-refractivity contribution in [3.63, 3.8) is 0 Å². The average Bonchev–Trinajstić information content (AvgIpc) is 2.46.